The van der Waals surface area contributed by atoms with Gasteiger partial charge in [0.2, 0.25) is 5.91 Å². The topological polar surface area (TPSA) is 95.9 Å². The van der Waals surface area contributed by atoms with E-state index in [4.69, 9.17) is 4.74 Å². The summed E-state index contributed by atoms with van der Waals surface area (Å²) < 4.78 is 5.66. The third-order valence-electron chi connectivity index (χ3n) is 7.05. The highest BCUT2D eigenvalue weighted by atomic mass is 16.5. The molecule has 2 aliphatic carbocycles. The van der Waals surface area contributed by atoms with Gasteiger partial charge >= 0.3 is 12.1 Å². The van der Waals surface area contributed by atoms with Gasteiger partial charge in [-0.3, -0.25) is 9.59 Å². The minimum absolute atomic E-state index is 0.0858. The standard InChI is InChI=1S/C30H30N2O5/c33-28(34)18-32(17-21-8-2-1-3-9-21)29(35)27(16-20-14-15-20)31-30(36)37-19-26-24-12-6-4-10-22(24)23-11-5-7-13-25(23)26/h1-13,20,26-27H,14-19H2,(H,31,36)(H,33,34)/t27-/m0/s1. The molecule has 1 saturated carbocycles. The van der Waals surface area contributed by atoms with Crippen LogP contribution < -0.4 is 5.32 Å². The number of fused-ring (bicyclic) bond motifs is 3. The highest BCUT2D eigenvalue weighted by Gasteiger charge is 2.35. The van der Waals surface area contributed by atoms with Gasteiger partial charge in [0.15, 0.2) is 0 Å². The zero-order valence-corrected chi connectivity index (χ0v) is 20.5. The maximum absolute atomic E-state index is 13.5. The first kappa shape index (κ1) is 24.6. The lowest BCUT2D eigenvalue weighted by Gasteiger charge is -2.27. The van der Waals surface area contributed by atoms with Crippen LogP contribution in [0.4, 0.5) is 4.79 Å². The molecule has 37 heavy (non-hydrogen) atoms. The predicted molar refractivity (Wildman–Crippen MR) is 139 cm³/mol. The molecule has 1 atom stereocenters. The van der Waals surface area contributed by atoms with E-state index in [-0.39, 0.29) is 19.1 Å². The number of ether oxygens (including phenoxy) is 1. The van der Waals surface area contributed by atoms with Crippen LogP contribution in [0.2, 0.25) is 0 Å². The summed E-state index contributed by atoms with van der Waals surface area (Å²) in [4.78, 5) is 39.2. The van der Waals surface area contributed by atoms with Gasteiger partial charge in [-0.25, -0.2) is 4.79 Å². The minimum Gasteiger partial charge on any atom is -0.480 e. The van der Waals surface area contributed by atoms with Crippen LogP contribution in [-0.4, -0.2) is 47.2 Å². The zero-order valence-electron chi connectivity index (χ0n) is 20.5. The van der Waals surface area contributed by atoms with E-state index in [0.717, 1.165) is 40.7 Å². The van der Waals surface area contributed by atoms with Crippen LogP contribution in [0.15, 0.2) is 78.9 Å². The van der Waals surface area contributed by atoms with Gasteiger partial charge in [-0.05, 0) is 40.2 Å². The molecule has 1 fully saturated rings. The van der Waals surface area contributed by atoms with Crippen molar-refractivity contribution in [2.45, 2.75) is 37.8 Å². The fourth-order valence-corrected chi connectivity index (χ4v) is 5.09. The Balaban J connectivity index is 1.27. The first-order chi connectivity index (χ1) is 18.0. The predicted octanol–water partition coefficient (Wildman–Crippen LogP) is 4.81. The van der Waals surface area contributed by atoms with Crippen LogP contribution in [0.5, 0.6) is 0 Å². The summed E-state index contributed by atoms with van der Waals surface area (Å²) >= 11 is 0. The second-order valence-corrected chi connectivity index (χ2v) is 9.78. The summed E-state index contributed by atoms with van der Waals surface area (Å²) in [5.74, 6) is -1.26. The van der Waals surface area contributed by atoms with Crippen LogP contribution >= 0.6 is 0 Å². The SMILES string of the molecule is O=C(O)CN(Cc1ccccc1)C(=O)[C@H](CC1CC1)NC(=O)OCC1c2ccccc2-c2ccccc21. The highest BCUT2D eigenvalue weighted by molar-refractivity contribution is 5.88. The van der Waals surface area contributed by atoms with E-state index in [9.17, 15) is 19.5 Å². The number of carbonyl (C=O) groups excluding carboxylic acids is 2. The summed E-state index contributed by atoms with van der Waals surface area (Å²) in [6, 6.07) is 24.6. The number of amides is 2. The number of hydrogen-bond donors (Lipinski definition) is 2. The van der Waals surface area contributed by atoms with Crippen LogP contribution in [0.3, 0.4) is 0 Å². The Kier molecular flexibility index (Phi) is 7.21. The molecule has 2 amide bonds. The summed E-state index contributed by atoms with van der Waals surface area (Å²) in [5, 5.41) is 12.2. The number of carboxylic acids is 1. The van der Waals surface area contributed by atoms with E-state index in [1.807, 2.05) is 66.7 Å². The number of aliphatic carboxylic acids is 1. The van der Waals surface area contributed by atoms with Crippen molar-refractivity contribution >= 4 is 18.0 Å². The Morgan fingerprint density at radius 3 is 2.08 bits per heavy atom. The second kappa shape index (κ2) is 10.9. The van der Waals surface area contributed by atoms with Gasteiger partial charge in [0.25, 0.3) is 0 Å². The molecule has 3 aromatic carbocycles. The van der Waals surface area contributed by atoms with E-state index in [0.29, 0.717) is 12.3 Å². The van der Waals surface area contributed by atoms with Crippen molar-refractivity contribution in [3.05, 3.63) is 95.6 Å². The normalized spacial score (nSPS) is 14.8. The molecule has 0 radical (unpaired) electrons. The van der Waals surface area contributed by atoms with Gasteiger partial charge in [-0.15, -0.1) is 0 Å². The number of nitrogens with zero attached hydrogens (tertiary/aromatic N) is 1. The number of hydrogen-bond acceptors (Lipinski definition) is 4. The Labute approximate surface area is 216 Å². The Bertz CT molecular complexity index is 1240. The zero-order chi connectivity index (χ0) is 25.8. The number of carbonyl (C=O) groups is 3. The van der Waals surface area contributed by atoms with Crippen molar-refractivity contribution in [2.75, 3.05) is 13.2 Å². The van der Waals surface area contributed by atoms with Crippen LogP contribution in [0.25, 0.3) is 11.1 Å². The largest absolute Gasteiger partial charge is 0.480 e. The van der Waals surface area contributed by atoms with Gasteiger partial charge < -0.3 is 20.1 Å². The average Bonchev–Trinajstić information content (AvgIpc) is 3.67. The molecule has 0 bridgehead atoms. The van der Waals surface area contributed by atoms with Gasteiger partial charge in [0.1, 0.15) is 19.2 Å². The first-order valence-electron chi connectivity index (χ1n) is 12.7. The van der Waals surface area contributed by atoms with Crippen molar-refractivity contribution in [1.82, 2.24) is 10.2 Å². The Morgan fingerprint density at radius 2 is 1.49 bits per heavy atom. The van der Waals surface area contributed by atoms with Crippen molar-refractivity contribution in [1.29, 1.82) is 0 Å². The maximum atomic E-state index is 13.5. The molecule has 0 heterocycles. The number of nitrogens with one attached hydrogen (secondary N) is 1. The van der Waals surface area contributed by atoms with Gasteiger partial charge in [0.05, 0.1) is 0 Å². The fourth-order valence-electron chi connectivity index (χ4n) is 5.09. The van der Waals surface area contributed by atoms with E-state index in [1.54, 1.807) is 0 Å². The van der Waals surface area contributed by atoms with Crippen molar-refractivity contribution < 1.29 is 24.2 Å². The summed E-state index contributed by atoms with van der Waals surface area (Å²) in [5.41, 5.74) is 5.32. The molecule has 7 nitrogen and oxygen atoms in total. The van der Waals surface area contributed by atoms with Crippen LogP contribution in [0.1, 0.15) is 41.9 Å². The molecule has 2 N–H and O–H groups in total. The summed E-state index contributed by atoms with van der Waals surface area (Å²) in [6.45, 7) is -0.145. The van der Waals surface area contributed by atoms with Gasteiger partial charge in [-0.2, -0.15) is 0 Å². The van der Waals surface area contributed by atoms with Crippen LogP contribution in [0, 0.1) is 5.92 Å². The number of rotatable bonds is 10. The molecule has 5 rings (SSSR count). The van der Waals surface area contributed by atoms with E-state index in [1.165, 1.54) is 4.90 Å². The van der Waals surface area contributed by atoms with Crippen molar-refractivity contribution in [2.24, 2.45) is 5.92 Å². The third-order valence-corrected chi connectivity index (χ3v) is 7.05. The molecule has 0 aliphatic heterocycles. The lowest BCUT2D eigenvalue weighted by Crippen LogP contribution is -2.50. The molecule has 0 spiro atoms. The Morgan fingerprint density at radius 1 is 0.892 bits per heavy atom. The monoisotopic (exact) mass is 498 g/mol. The summed E-state index contributed by atoms with van der Waals surface area (Å²) in [7, 11) is 0. The lowest BCUT2D eigenvalue weighted by atomic mass is 9.98. The Hall–Kier alpha value is -4.13. The van der Waals surface area contributed by atoms with Gasteiger partial charge in [0, 0.05) is 12.5 Å². The molecule has 3 aromatic rings. The molecule has 0 unspecified atom stereocenters. The van der Waals surface area contributed by atoms with Gasteiger partial charge in [-0.1, -0.05) is 91.7 Å². The molecule has 190 valence electrons. The quantitative estimate of drug-likeness (QED) is 0.418. The molecule has 7 heteroatoms. The van der Waals surface area contributed by atoms with Crippen LogP contribution in [-0.2, 0) is 20.9 Å². The third kappa shape index (κ3) is 5.82. The number of carboxylic acid groups (broad SMARTS) is 1. The second-order valence-electron chi connectivity index (χ2n) is 9.78. The average molecular weight is 499 g/mol. The number of alkyl carbamates (subject to hydrolysis) is 1. The lowest BCUT2D eigenvalue weighted by molar-refractivity contribution is -0.145. The first-order valence-corrected chi connectivity index (χ1v) is 12.7. The molecular formula is C30H30N2O5. The number of benzene rings is 3. The van der Waals surface area contributed by atoms with Crippen molar-refractivity contribution in [3.8, 4) is 11.1 Å². The van der Waals surface area contributed by atoms with E-state index < -0.39 is 30.6 Å². The maximum Gasteiger partial charge on any atom is 0.407 e. The van der Waals surface area contributed by atoms with E-state index in [2.05, 4.69) is 17.4 Å². The minimum atomic E-state index is -1.10. The highest BCUT2D eigenvalue weighted by Crippen LogP contribution is 2.44. The molecule has 2 aliphatic rings. The van der Waals surface area contributed by atoms with Crippen molar-refractivity contribution in [3.63, 3.8) is 0 Å². The van der Waals surface area contributed by atoms with E-state index >= 15 is 0 Å². The smallest absolute Gasteiger partial charge is 0.407 e. The molecule has 0 aromatic heterocycles. The molecule has 0 saturated heterocycles. The summed E-state index contributed by atoms with van der Waals surface area (Å²) in [6.07, 6.45) is 1.78. The fraction of sp³-hybridized carbons (Fsp3) is 0.300. The molecular weight excluding hydrogens is 468 g/mol.